The minimum Gasteiger partial charge on any atom is -0.348 e. The van der Waals surface area contributed by atoms with Crippen LogP contribution in [0.3, 0.4) is 0 Å². The van der Waals surface area contributed by atoms with Crippen LogP contribution in [0.2, 0.25) is 0 Å². The Hall–Kier alpha value is -2.96. The zero-order valence-corrected chi connectivity index (χ0v) is 13.5. The molecule has 0 saturated carbocycles. The molecule has 1 amide bonds. The number of halogens is 1. The van der Waals surface area contributed by atoms with Crippen molar-refractivity contribution in [2.75, 3.05) is 5.32 Å². The van der Waals surface area contributed by atoms with Gasteiger partial charge in [0.1, 0.15) is 5.82 Å². The van der Waals surface area contributed by atoms with Crippen molar-refractivity contribution < 1.29 is 9.18 Å². The van der Waals surface area contributed by atoms with Crippen molar-refractivity contribution in [1.29, 1.82) is 0 Å². The van der Waals surface area contributed by atoms with Gasteiger partial charge in [-0.1, -0.05) is 6.07 Å². The molecule has 0 aliphatic heterocycles. The lowest BCUT2D eigenvalue weighted by molar-refractivity contribution is -0.116. The number of aryl methyl sites for hydroxylation is 2. The van der Waals surface area contributed by atoms with E-state index in [9.17, 15) is 9.18 Å². The summed E-state index contributed by atoms with van der Waals surface area (Å²) < 4.78 is 15.0. The number of aromatic nitrogens is 4. The number of anilines is 1. The van der Waals surface area contributed by atoms with Gasteiger partial charge in [-0.2, -0.15) is 5.10 Å². The highest BCUT2D eigenvalue weighted by Crippen LogP contribution is 2.23. The van der Waals surface area contributed by atoms with Crippen LogP contribution in [0.1, 0.15) is 23.5 Å². The predicted molar refractivity (Wildman–Crippen MR) is 88.5 cm³/mol. The molecule has 0 fully saturated rings. The lowest BCUT2D eigenvalue weighted by atomic mass is 10.2. The molecule has 0 aliphatic carbocycles. The summed E-state index contributed by atoms with van der Waals surface area (Å²) in [6, 6.07) is 6.19. The number of hydrogen-bond donors (Lipinski definition) is 2. The monoisotopic (exact) mass is 327 g/mol. The van der Waals surface area contributed by atoms with Crippen LogP contribution in [0.4, 0.5) is 10.1 Å². The Labute approximate surface area is 138 Å². The molecular formula is C17H18FN5O. The van der Waals surface area contributed by atoms with Gasteiger partial charge in [-0.15, -0.1) is 0 Å². The molecule has 0 spiro atoms. The number of carbonyl (C=O) groups is 1. The zero-order chi connectivity index (χ0) is 17.1. The van der Waals surface area contributed by atoms with E-state index in [0.717, 1.165) is 11.4 Å². The predicted octanol–water partition coefficient (Wildman–Crippen LogP) is 2.92. The van der Waals surface area contributed by atoms with Crippen LogP contribution in [-0.4, -0.2) is 25.7 Å². The molecule has 3 rings (SSSR count). The van der Waals surface area contributed by atoms with Gasteiger partial charge in [-0.05, 0) is 38.5 Å². The van der Waals surface area contributed by atoms with Crippen LogP contribution >= 0.6 is 0 Å². The van der Waals surface area contributed by atoms with Crippen molar-refractivity contribution in [2.45, 2.75) is 26.7 Å². The number of nitrogens with one attached hydrogen (secondary N) is 2. The van der Waals surface area contributed by atoms with E-state index < -0.39 is 0 Å². The number of carbonyl (C=O) groups excluding carboxylic acids is 1. The molecule has 0 atom stereocenters. The second-order valence-electron chi connectivity index (χ2n) is 5.56. The Morgan fingerprint density at radius 3 is 2.92 bits per heavy atom. The third kappa shape index (κ3) is 3.34. The zero-order valence-electron chi connectivity index (χ0n) is 13.5. The summed E-state index contributed by atoms with van der Waals surface area (Å²) in [6.45, 7) is 3.66. The summed E-state index contributed by atoms with van der Waals surface area (Å²) in [4.78, 5) is 19.1. The first-order chi connectivity index (χ1) is 11.5. The van der Waals surface area contributed by atoms with Gasteiger partial charge in [0.2, 0.25) is 5.91 Å². The Morgan fingerprint density at radius 2 is 2.21 bits per heavy atom. The minimum atomic E-state index is -0.329. The molecule has 7 heteroatoms. The summed E-state index contributed by atoms with van der Waals surface area (Å²) in [7, 11) is 0. The highest BCUT2D eigenvalue weighted by molar-refractivity contribution is 5.92. The van der Waals surface area contributed by atoms with Gasteiger partial charge >= 0.3 is 0 Å². The molecule has 0 radical (unpaired) electrons. The van der Waals surface area contributed by atoms with Crippen molar-refractivity contribution in [2.24, 2.45) is 0 Å². The Balaban J connectivity index is 1.75. The number of hydrogen-bond acceptors (Lipinski definition) is 3. The van der Waals surface area contributed by atoms with Crippen LogP contribution in [0, 0.1) is 19.7 Å². The topological polar surface area (TPSA) is 75.6 Å². The summed E-state index contributed by atoms with van der Waals surface area (Å²) in [5.41, 5.74) is 3.64. The molecule has 2 heterocycles. The summed E-state index contributed by atoms with van der Waals surface area (Å²) in [6.07, 6.45) is 4.21. The fourth-order valence-electron chi connectivity index (χ4n) is 2.55. The molecular weight excluding hydrogens is 309 g/mol. The Bertz CT molecular complexity index is 854. The largest absolute Gasteiger partial charge is 0.348 e. The lowest BCUT2D eigenvalue weighted by Crippen LogP contribution is -2.13. The molecule has 3 aromatic rings. The van der Waals surface area contributed by atoms with E-state index >= 15 is 0 Å². The Kier molecular flexibility index (Phi) is 4.41. The van der Waals surface area contributed by atoms with Gasteiger partial charge in [0.25, 0.3) is 0 Å². The van der Waals surface area contributed by atoms with Crippen molar-refractivity contribution in [3.05, 3.63) is 59.7 Å². The second-order valence-corrected chi connectivity index (χ2v) is 5.56. The van der Waals surface area contributed by atoms with E-state index in [1.54, 1.807) is 29.3 Å². The molecule has 24 heavy (non-hydrogen) atoms. The van der Waals surface area contributed by atoms with Crippen molar-refractivity contribution in [3.8, 4) is 5.69 Å². The molecule has 2 N–H and O–H groups in total. The van der Waals surface area contributed by atoms with Gasteiger partial charge in [-0.25, -0.2) is 14.1 Å². The molecule has 0 bridgehead atoms. The SMILES string of the molecule is Cc1nn(-c2cccc(F)c2)c(C)c1NC(=O)CCc1cnc[nH]1. The van der Waals surface area contributed by atoms with E-state index in [4.69, 9.17) is 0 Å². The van der Waals surface area contributed by atoms with Crippen LogP contribution < -0.4 is 5.32 Å². The van der Waals surface area contributed by atoms with E-state index in [-0.39, 0.29) is 11.7 Å². The molecule has 6 nitrogen and oxygen atoms in total. The van der Waals surface area contributed by atoms with Crippen molar-refractivity contribution in [3.63, 3.8) is 0 Å². The first-order valence-corrected chi connectivity index (χ1v) is 7.64. The number of H-pyrrole nitrogens is 1. The normalized spacial score (nSPS) is 10.8. The minimum absolute atomic E-state index is 0.102. The van der Waals surface area contributed by atoms with E-state index in [1.807, 2.05) is 13.8 Å². The van der Waals surface area contributed by atoms with E-state index in [0.29, 0.717) is 29.9 Å². The van der Waals surface area contributed by atoms with Gasteiger partial charge in [0.05, 0.1) is 29.1 Å². The number of nitrogens with zero attached hydrogens (tertiary/aromatic N) is 3. The fourth-order valence-corrected chi connectivity index (χ4v) is 2.55. The third-order valence-corrected chi connectivity index (χ3v) is 3.78. The smallest absolute Gasteiger partial charge is 0.224 e. The highest BCUT2D eigenvalue weighted by atomic mass is 19.1. The van der Waals surface area contributed by atoms with Crippen molar-refractivity contribution in [1.82, 2.24) is 19.7 Å². The standard InChI is InChI=1S/C17H18FN5O/c1-11-17(21-16(24)7-6-14-9-19-10-20-14)12(2)23(22-11)15-5-3-4-13(18)8-15/h3-5,8-10H,6-7H2,1-2H3,(H,19,20)(H,21,24). The Morgan fingerprint density at radius 1 is 1.38 bits per heavy atom. The fraction of sp³-hybridized carbons (Fsp3) is 0.235. The highest BCUT2D eigenvalue weighted by Gasteiger charge is 2.15. The van der Waals surface area contributed by atoms with Crippen LogP contribution in [0.5, 0.6) is 0 Å². The average molecular weight is 327 g/mol. The molecule has 124 valence electrons. The van der Waals surface area contributed by atoms with E-state index in [1.165, 1.54) is 12.1 Å². The summed E-state index contributed by atoms with van der Waals surface area (Å²) in [5, 5.41) is 7.30. The number of benzene rings is 1. The average Bonchev–Trinajstić information content (AvgIpc) is 3.16. The maximum absolute atomic E-state index is 13.4. The second kappa shape index (κ2) is 6.66. The molecule has 1 aromatic carbocycles. The maximum atomic E-state index is 13.4. The maximum Gasteiger partial charge on any atom is 0.224 e. The van der Waals surface area contributed by atoms with Gasteiger partial charge in [0.15, 0.2) is 0 Å². The number of imidazole rings is 1. The van der Waals surface area contributed by atoms with Crippen LogP contribution in [0.25, 0.3) is 5.69 Å². The molecule has 2 aromatic heterocycles. The van der Waals surface area contributed by atoms with Crippen LogP contribution in [0.15, 0.2) is 36.8 Å². The molecule has 0 aliphatic rings. The summed E-state index contributed by atoms with van der Waals surface area (Å²) >= 11 is 0. The summed E-state index contributed by atoms with van der Waals surface area (Å²) in [5.74, 6) is -0.431. The van der Waals surface area contributed by atoms with Crippen molar-refractivity contribution >= 4 is 11.6 Å². The lowest BCUT2D eigenvalue weighted by Gasteiger charge is -2.07. The molecule has 0 saturated heterocycles. The van der Waals surface area contributed by atoms with E-state index in [2.05, 4.69) is 20.4 Å². The number of amides is 1. The van der Waals surface area contributed by atoms with Gasteiger partial charge in [-0.3, -0.25) is 4.79 Å². The number of aromatic amines is 1. The third-order valence-electron chi connectivity index (χ3n) is 3.78. The first-order valence-electron chi connectivity index (χ1n) is 7.64. The van der Waals surface area contributed by atoms with Crippen LogP contribution in [-0.2, 0) is 11.2 Å². The van der Waals surface area contributed by atoms with Gasteiger partial charge in [0, 0.05) is 18.3 Å². The quantitative estimate of drug-likeness (QED) is 0.756. The first kappa shape index (κ1) is 15.9. The molecule has 0 unspecified atom stereocenters. The van der Waals surface area contributed by atoms with Gasteiger partial charge < -0.3 is 10.3 Å². The number of rotatable bonds is 5.